The van der Waals surface area contributed by atoms with Gasteiger partial charge in [0.1, 0.15) is 11.6 Å². The summed E-state index contributed by atoms with van der Waals surface area (Å²) in [6, 6.07) is 7.00. The van der Waals surface area contributed by atoms with Gasteiger partial charge >= 0.3 is 0 Å². The van der Waals surface area contributed by atoms with Crippen LogP contribution in [-0.4, -0.2) is 30.0 Å². The Balaban J connectivity index is 2.61. The van der Waals surface area contributed by atoms with Crippen molar-refractivity contribution in [2.75, 3.05) is 14.1 Å². The largest absolute Gasteiger partial charge is 0.507 e. The van der Waals surface area contributed by atoms with Gasteiger partial charge in [0.25, 0.3) is 5.91 Å². The minimum atomic E-state index is -0.527. The summed E-state index contributed by atoms with van der Waals surface area (Å²) >= 11 is 6.03. The lowest BCUT2D eigenvalue weighted by Gasteiger charge is -2.13. The molecule has 2 aromatic carbocycles. The standard InChI is InChI=1S/C16H15ClFNO2/c1-9-6-15(20)12(8-13(9)17)11-7-10(4-5-14(11)18)16(21)19(2)3/h4-8,20H,1-3H3. The molecule has 0 aliphatic heterocycles. The summed E-state index contributed by atoms with van der Waals surface area (Å²) in [4.78, 5) is 13.4. The molecule has 1 N–H and O–H groups in total. The van der Waals surface area contributed by atoms with Gasteiger partial charge < -0.3 is 10.0 Å². The molecule has 110 valence electrons. The molecule has 0 aliphatic rings. The molecule has 0 bridgehead atoms. The fourth-order valence-electron chi connectivity index (χ4n) is 2.00. The van der Waals surface area contributed by atoms with Crippen LogP contribution in [0.4, 0.5) is 4.39 Å². The summed E-state index contributed by atoms with van der Waals surface area (Å²) in [5.74, 6) is -0.847. The third-order valence-corrected chi connectivity index (χ3v) is 3.59. The van der Waals surface area contributed by atoms with E-state index in [2.05, 4.69) is 0 Å². The van der Waals surface area contributed by atoms with Crippen LogP contribution in [0.25, 0.3) is 11.1 Å². The van der Waals surface area contributed by atoms with E-state index in [1.54, 1.807) is 21.0 Å². The quantitative estimate of drug-likeness (QED) is 0.915. The predicted molar refractivity (Wildman–Crippen MR) is 81.3 cm³/mol. The van der Waals surface area contributed by atoms with E-state index in [9.17, 15) is 14.3 Å². The Bertz CT molecular complexity index is 714. The maximum atomic E-state index is 14.1. The van der Waals surface area contributed by atoms with Crippen LogP contribution in [0, 0.1) is 12.7 Å². The first kappa shape index (κ1) is 15.3. The normalized spacial score (nSPS) is 10.5. The number of phenolic OH excluding ortho intramolecular Hbond substituents is 1. The second-order valence-corrected chi connectivity index (χ2v) is 5.42. The number of phenols is 1. The molecule has 0 spiro atoms. The van der Waals surface area contributed by atoms with Gasteiger partial charge in [-0.05, 0) is 42.8 Å². The Labute approximate surface area is 127 Å². The number of aromatic hydroxyl groups is 1. The Hall–Kier alpha value is -2.07. The van der Waals surface area contributed by atoms with Crippen LogP contribution < -0.4 is 0 Å². The van der Waals surface area contributed by atoms with Gasteiger partial charge in [-0.3, -0.25) is 4.79 Å². The molecule has 0 atom stereocenters. The van der Waals surface area contributed by atoms with Gasteiger partial charge in [-0.1, -0.05) is 11.6 Å². The minimum absolute atomic E-state index is 0.0785. The zero-order chi connectivity index (χ0) is 15.7. The van der Waals surface area contributed by atoms with Crippen molar-refractivity contribution in [3.63, 3.8) is 0 Å². The SMILES string of the molecule is Cc1cc(O)c(-c2cc(C(=O)N(C)C)ccc2F)cc1Cl. The Morgan fingerprint density at radius 1 is 1.19 bits per heavy atom. The Morgan fingerprint density at radius 2 is 1.86 bits per heavy atom. The van der Waals surface area contributed by atoms with Gasteiger partial charge in [-0.2, -0.15) is 0 Å². The maximum Gasteiger partial charge on any atom is 0.253 e. The van der Waals surface area contributed by atoms with Crippen LogP contribution >= 0.6 is 11.6 Å². The topological polar surface area (TPSA) is 40.5 Å². The molecule has 1 amide bonds. The maximum absolute atomic E-state index is 14.1. The monoisotopic (exact) mass is 307 g/mol. The van der Waals surface area contributed by atoms with Crippen molar-refractivity contribution in [3.05, 3.63) is 52.3 Å². The molecule has 0 saturated carbocycles. The summed E-state index contributed by atoms with van der Waals surface area (Å²) in [6.45, 7) is 1.74. The molecule has 2 aromatic rings. The summed E-state index contributed by atoms with van der Waals surface area (Å²) in [6.07, 6.45) is 0. The van der Waals surface area contributed by atoms with Gasteiger partial charge in [-0.15, -0.1) is 0 Å². The summed E-state index contributed by atoms with van der Waals surface area (Å²) in [7, 11) is 3.23. The van der Waals surface area contributed by atoms with Crippen molar-refractivity contribution >= 4 is 17.5 Å². The third kappa shape index (κ3) is 3.00. The first-order valence-corrected chi connectivity index (χ1v) is 6.69. The molecule has 3 nitrogen and oxygen atoms in total. The van der Waals surface area contributed by atoms with Crippen molar-refractivity contribution in [1.29, 1.82) is 0 Å². The Kier molecular flexibility index (Phi) is 4.19. The zero-order valence-electron chi connectivity index (χ0n) is 11.9. The molecular weight excluding hydrogens is 293 g/mol. The molecule has 0 heterocycles. The lowest BCUT2D eigenvalue weighted by atomic mass is 9.99. The number of aryl methyl sites for hydroxylation is 1. The summed E-state index contributed by atoms with van der Waals surface area (Å²) in [5.41, 5.74) is 1.44. The van der Waals surface area contributed by atoms with Crippen LogP contribution in [0.3, 0.4) is 0 Å². The van der Waals surface area contributed by atoms with Crippen molar-refractivity contribution in [2.45, 2.75) is 6.92 Å². The highest BCUT2D eigenvalue weighted by molar-refractivity contribution is 6.31. The molecule has 0 fully saturated rings. The van der Waals surface area contributed by atoms with Crippen LogP contribution in [-0.2, 0) is 0 Å². The van der Waals surface area contributed by atoms with Gasteiger partial charge in [0.05, 0.1) is 0 Å². The predicted octanol–water partition coefficient (Wildman–Crippen LogP) is 3.86. The third-order valence-electron chi connectivity index (χ3n) is 3.19. The van der Waals surface area contributed by atoms with E-state index in [-0.39, 0.29) is 22.8 Å². The molecule has 0 aliphatic carbocycles. The number of carbonyl (C=O) groups is 1. The second-order valence-electron chi connectivity index (χ2n) is 5.01. The second kappa shape index (κ2) is 5.74. The smallest absolute Gasteiger partial charge is 0.253 e. The molecular formula is C16H15ClFNO2. The van der Waals surface area contributed by atoms with Gasteiger partial charge in [0.2, 0.25) is 0 Å². The molecule has 5 heteroatoms. The van der Waals surface area contributed by atoms with E-state index < -0.39 is 5.82 Å². The first-order valence-electron chi connectivity index (χ1n) is 6.32. The molecule has 0 radical (unpaired) electrons. The lowest BCUT2D eigenvalue weighted by Crippen LogP contribution is -2.21. The molecule has 0 saturated heterocycles. The fourth-order valence-corrected chi connectivity index (χ4v) is 2.17. The van der Waals surface area contributed by atoms with Crippen molar-refractivity contribution in [3.8, 4) is 16.9 Å². The van der Waals surface area contributed by atoms with E-state index in [1.807, 2.05) is 0 Å². The van der Waals surface area contributed by atoms with Crippen molar-refractivity contribution in [2.24, 2.45) is 0 Å². The summed E-state index contributed by atoms with van der Waals surface area (Å²) in [5, 5.41) is 10.4. The van der Waals surface area contributed by atoms with Crippen LogP contribution in [0.1, 0.15) is 15.9 Å². The fraction of sp³-hybridized carbons (Fsp3) is 0.188. The van der Waals surface area contributed by atoms with Gasteiger partial charge in [-0.25, -0.2) is 4.39 Å². The molecule has 0 aromatic heterocycles. The number of rotatable bonds is 2. The number of amides is 1. The number of hydrogen-bond donors (Lipinski definition) is 1. The molecule has 2 rings (SSSR count). The summed E-state index contributed by atoms with van der Waals surface area (Å²) < 4.78 is 14.1. The van der Waals surface area contributed by atoms with E-state index >= 15 is 0 Å². The van der Waals surface area contributed by atoms with Crippen molar-refractivity contribution < 1.29 is 14.3 Å². The highest BCUT2D eigenvalue weighted by atomic mass is 35.5. The van der Waals surface area contributed by atoms with E-state index in [0.717, 1.165) is 0 Å². The average Bonchev–Trinajstić information content (AvgIpc) is 2.43. The number of benzene rings is 2. The zero-order valence-corrected chi connectivity index (χ0v) is 12.7. The number of hydrogen-bond acceptors (Lipinski definition) is 2. The van der Waals surface area contributed by atoms with Gasteiger partial charge in [0.15, 0.2) is 0 Å². The molecule has 21 heavy (non-hydrogen) atoms. The average molecular weight is 308 g/mol. The van der Waals surface area contributed by atoms with Crippen molar-refractivity contribution in [1.82, 2.24) is 4.90 Å². The van der Waals surface area contributed by atoms with E-state index in [1.165, 1.54) is 35.2 Å². The van der Waals surface area contributed by atoms with E-state index in [0.29, 0.717) is 16.1 Å². The van der Waals surface area contributed by atoms with Gasteiger partial charge in [0, 0.05) is 35.8 Å². The highest BCUT2D eigenvalue weighted by Gasteiger charge is 2.16. The first-order chi connectivity index (χ1) is 9.81. The minimum Gasteiger partial charge on any atom is -0.507 e. The van der Waals surface area contributed by atoms with Crippen LogP contribution in [0.2, 0.25) is 5.02 Å². The lowest BCUT2D eigenvalue weighted by molar-refractivity contribution is 0.0827. The number of nitrogens with zero attached hydrogens (tertiary/aromatic N) is 1. The van der Waals surface area contributed by atoms with Crippen LogP contribution in [0.15, 0.2) is 30.3 Å². The molecule has 0 unspecified atom stereocenters. The van der Waals surface area contributed by atoms with Crippen LogP contribution in [0.5, 0.6) is 5.75 Å². The number of carbonyl (C=O) groups excluding carboxylic acids is 1. The van der Waals surface area contributed by atoms with E-state index in [4.69, 9.17) is 11.6 Å². The highest BCUT2D eigenvalue weighted by Crippen LogP contribution is 2.35. The Morgan fingerprint density at radius 3 is 2.48 bits per heavy atom. The number of halogens is 2.